The average molecular weight is 290 g/mol. The molecule has 0 heterocycles. The number of primary amides is 1. The van der Waals surface area contributed by atoms with Gasteiger partial charge in [0.25, 0.3) is 11.8 Å². The minimum Gasteiger partial charge on any atom is -0.394 e. The van der Waals surface area contributed by atoms with Crippen molar-refractivity contribution >= 4 is 23.6 Å². The number of carbonyl (C=O) groups is 4. The molecule has 0 rings (SSSR count). The van der Waals surface area contributed by atoms with Crippen molar-refractivity contribution in [1.82, 2.24) is 16.2 Å². The molecular formula is C9H18N6O5. The topological polar surface area (TPSA) is 203 Å². The molecule has 0 aromatic heterocycles. The summed E-state index contributed by atoms with van der Waals surface area (Å²) >= 11 is 0. The number of aliphatic hydroxyl groups excluding tert-OH is 1. The highest BCUT2D eigenvalue weighted by Crippen LogP contribution is 1.91. The van der Waals surface area contributed by atoms with Crippen LogP contribution in [0.1, 0.15) is 6.42 Å². The minimum atomic E-state index is -1.28. The lowest BCUT2D eigenvalue weighted by molar-refractivity contribution is -0.133. The Bertz CT molecular complexity index is 387. The summed E-state index contributed by atoms with van der Waals surface area (Å²) in [7, 11) is 0. The van der Waals surface area contributed by atoms with E-state index in [1.54, 1.807) is 0 Å². The molecule has 0 bridgehead atoms. The summed E-state index contributed by atoms with van der Waals surface area (Å²) in [5, 5.41) is 10.8. The van der Waals surface area contributed by atoms with Crippen LogP contribution in [0.2, 0.25) is 0 Å². The van der Waals surface area contributed by atoms with Crippen molar-refractivity contribution in [3.8, 4) is 0 Å². The molecule has 2 atom stereocenters. The fourth-order valence-corrected chi connectivity index (χ4v) is 1.05. The van der Waals surface area contributed by atoms with Gasteiger partial charge in [-0.15, -0.1) is 0 Å². The first-order chi connectivity index (χ1) is 9.31. The second-order valence-corrected chi connectivity index (χ2v) is 3.76. The van der Waals surface area contributed by atoms with Gasteiger partial charge in [0, 0.05) is 0 Å². The highest BCUT2D eigenvalue weighted by molar-refractivity contribution is 5.93. The molecule has 0 fully saturated rings. The molecule has 20 heavy (non-hydrogen) atoms. The predicted molar refractivity (Wildman–Crippen MR) is 66.1 cm³/mol. The first-order valence-electron chi connectivity index (χ1n) is 5.55. The van der Waals surface area contributed by atoms with E-state index in [1.807, 2.05) is 10.9 Å². The molecule has 2 unspecified atom stereocenters. The smallest absolute Gasteiger partial charge is 0.261 e. The van der Waals surface area contributed by atoms with Gasteiger partial charge in [-0.05, 0) is 0 Å². The molecule has 0 aromatic rings. The van der Waals surface area contributed by atoms with Gasteiger partial charge in [0.1, 0.15) is 12.1 Å². The van der Waals surface area contributed by atoms with Crippen LogP contribution in [0.3, 0.4) is 0 Å². The van der Waals surface area contributed by atoms with E-state index in [0.717, 1.165) is 0 Å². The first-order valence-corrected chi connectivity index (χ1v) is 5.55. The Balaban J connectivity index is 4.51. The molecule has 0 spiro atoms. The zero-order chi connectivity index (χ0) is 15.7. The van der Waals surface area contributed by atoms with Crippen molar-refractivity contribution < 1.29 is 24.3 Å². The van der Waals surface area contributed by atoms with Crippen molar-refractivity contribution in [1.29, 1.82) is 0 Å². The fraction of sp³-hybridized carbons (Fsp3) is 0.556. The Kier molecular flexibility index (Phi) is 7.81. The largest absolute Gasteiger partial charge is 0.394 e. The molecule has 0 saturated heterocycles. The van der Waals surface area contributed by atoms with E-state index in [1.165, 1.54) is 0 Å². The molecule has 10 N–H and O–H groups in total. The number of aliphatic hydroxyl groups is 1. The van der Waals surface area contributed by atoms with Crippen molar-refractivity contribution in [3.05, 3.63) is 0 Å². The number of amides is 4. The Morgan fingerprint density at radius 2 is 1.65 bits per heavy atom. The standard InChI is InChI=1S/C9H18N6O5/c10-2-7(18)13-5(1-6(12)17)9(20)15-14-8(19)4(11)3-16/h4-5,16H,1-3,10-11H2,(H2,12,17)(H,13,18)(H,14,19)(H,15,20). The summed E-state index contributed by atoms with van der Waals surface area (Å²) in [5.41, 5.74) is 19.0. The Morgan fingerprint density at radius 3 is 2.10 bits per heavy atom. The van der Waals surface area contributed by atoms with E-state index in [9.17, 15) is 19.2 Å². The number of nitrogens with one attached hydrogen (secondary N) is 3. The quantitative estimate of drug-likeness (QED) is 0.227. The van der Waals surface area contributed by atoms with Crippen LogP contribution < -0.4 is 33.4 Å². The van der Waals surface area contributed by atoms with Gasteiger partial charge in [0.05, 0.1) is 19.6 Å². The summed E-state index contributed by atoms with van der Waals surface area (Å²) in [5.74, 6) is -3.24. The van der Waals surface area contributed by atoms with Gasteiger partial charge in [-0.3, -0.25) is 30.0 Å². The normalized spacial score (nSPS) is 12.9. The zero-order valence-electron chi connectivity index (χ0n) is 10.6. The molecule has 0 saturated carbocycles. The highest BCUT2D eigenvalue weighted by atomic mass is 16.3. The summed E-state index contributed by atoms with van der Waals surface area (Å²) in [6, 6.07) is -2.50. The molecule has 114 valence electrons. The van der Waals surface area contributed by atoms with E-state index >= 15 is 0 Å². The minimum absolute atomic E-state index is 0.385. The van der Waals surface area contributed by atoms with Crippen molar-refractivity contribution in [2.75, 3.05) is 13.2 Å². The third-order valence-electron chi connectivity index (χ3n) is 2.08. The van der Waals surface area contributed by atoms with Crippen molar-refractivity contribution in [3.63, 3.8) is 0 Å². The molecule has 0 aliphatic carbocycles. The number of rotatable bonds is 7. The maximum Gasteiger partial charge on any atom is 0.261 e. The lowest BCUT2D eigenvalue weighted by atomic mass is 10.2. The predicted octanol–water partition coefficient (Wildman–Crippen LogP) is -5.23. The Hall–Kier alpha value is -2.24. The Morgan fingerprint density at radius 1 is 1.10 bits per heavy atom. The number of carbonyl (C=O) groups excluding carboxylic acids is 4. The third kappa shape index (κ3) is 6.63. The monoisotopic (exact) mass is 290 g/mol. The van der Waals surface area contributed by atoms with Crippen LogP contribution in [0.5, 0.6) is 0 Å². The number of hydrogen-bond donors (Lipinski definition) is 7. The van der Waals surface area contributed by atoms with Gasteiger partial charge in [0.2, 0.25) is 11.8 Å². The molecule has 0 radical (unpaired) electrons. The number of hydrogen-bond acceptors (Lipinski definition) is 7. The SMILES string of the molecule is NCC(=O)NC(CC(N)=O)C(=O)NNC(=O)C(N)CO. The van der Waals surface area contributed by atoms with E-state index in [-0.39, 0.29) is 6.54 Å². The molecule has 0 aliphatic rings. The lowest BCUT2D eigenvalue weighted by Gasteiger charge is -2.17. The van der Waals surface area contributed by atoms with Gasteiger partial charge in [0.15, 0.2) is 0 Å². The summed E-state index contributed by atoms with van der Waals surface area (Å²) in [6.45, 7) is -0.999. The molecule has 0 aliphatic heterocycles. The molecule has 11 nitrogen and oxygen atoms in total. The summed E-state index contributed by atoms with van der Waals surface area (Å²) < 4.78 is 0. The van der Waals surface area contributed by atoms with Gasteiger partial charge < -0.3 is 27.6 Å². The molecular weight excluding hydrogens is 272 g/mol. The van der Waals surface area contributed by atoms with E-state index in [2.05, 4.69) is 5.32 Å². The molecule has 11 heteroatoms. The maximum absolute atomic E-state index is 11.7. The van der Waals surface area contributed by atoms with Gasteiger partial charge in [-0.25, -0.2) is 0 Å². The molecule has 0 aromatic carbocycles. The first kappa shape index (κ1) is 17.8. The van der Waals surface area contributed by atoms with E-state index in [4.69, 9.17) is 22.3 Å². The second-order valence-electron chi connectivity index (χ2n) is 3.76. The van der Waals surface area contributed by atoms with Crippen LogP contribution >= 0.6 is 0 Å². The van der Waals surface area contributed by atoms with Crippen LogP contribution in [0.15, 0.2) is 0 Å². The van der Waals surface area contributed by atoms with Crippen LogP contribution in [0.4, 0.5) is 0 Å². The van der Waals surface area contributed by atoms with Gasteiger partial charge in [-0.1, -0.05) is 0 Å². The van der Waals surface area contributed by atoms with Crippen LogP contribution in [-0.4, -0.2) is 54.0 Å². The fourth-order valence-electron chi connectivity index (χ4n) is 1.05. The van der Waals surface area contributed by atoms with Gasteiger partial charge in [-0.2, -0.15) is 0 Å². The maximum atomic E-state index is 11.7. The number of nitrogens with two attached hydrogens (primary N) is 3. The third-order valence-corrected chi connectivity index (χ3v) is 2.08. The average Bonchev–Trinajstić information content (AvgIpc) is 2.41. The van der Waals surface area contributed by atoms with Crippen LogP contribution in [0.25, 0.3) is 0 Å². The van der Waals surface area contributed by atoms with E-state index in [0.29, 0.717) is 0 Å². The lowest BCUT2D eigenvalue weighted by Crippen LogP contribution is -2.56. The highest BCUT2D eigenvalue weighted by Gasteiger charge is 2.23. The Labute approximate surface area is 114 Å². The molecule has 4 amide bonds. The summed E-state index contributed by atoms with van der Waals surface area (Å²) in [4.78, 5) is 44.7. The van der Waals surface area contributed by atoms with Crippen LogP contribution in [-0.2, 0) is 19.2 Å². The zero-order valence-corrected chi connectivity index (χ0v) is 10.6. The van der Waals surface area contributed by atoms with E-state index < -0.39 is 48.7 Å². The van der Waals surface area contributed by atoms with Crippen molar-refractivity contribution in [2.45, 2.75) is 18.5 Å². The second kappa shape index (κ2) is 8.79. The van der Waals surface area contributed by atoms with Gasteiger partial charge >= 0.3 is 0 Å². The van der Waals surface area contributed by atoms with Crippen molar-refractivity contribution in [2.24, 2.45) is 17.2 Å². The number of hydrazine groups is 1. The summed E-state index contributed by atoms with van der Waals surface area (Å²) in [6.07, 6.45) is -0.473. The van der Waals surface area contributed by atoms with Crippen LogP contribution in [0, 0.1) is 0 Å².